The summed E-state index contributed by atoms with van der Waals surface area (Å²) < 4.78 is 0. The molecular formula is C18H14O5. The Labute approximate surface area is 131 Å². The van der Waals surface area contributed by atoms with Gasteiger partial charge in [-0.05, 0) is 33.2 Å². The van der Waals surface area contributed by atoms with Gasteiger partial charge in [0.15, 0.2) is 5.92 Å². The molecule has 3 rings (SSSR count). The Bertz CT molecular complexity index is 848. The zero-order chi connectivity index (χ0) is 16.6. The maximum absolute atomic E-state index is 11.3. The third-order valence-corrected chi connectivity index (χ3v) is 3.96. The summed E-state index contributed by atoms with van der Waals surface area (Å²) >= 11 is 0. The molecule has 0 saturated heterocycles. The highest BCUT2D eigenvalue weighted by molar-refractivity contribution is 6.04. The fourth-order valence-electron chi connectivity index (χ4n) is 2.91. The molecule has 0 spiro atoms. The molecule has 1 atom stereocenters. The average Bonchev–Trinajstić information content (AvgIpc) is 2.51. The minimum atomic E-state index is -1.93. The maximum Gasteiger partial charge on any atom is 0.320 e. The Hall–Kier alpha value is -2.92. The minimum absolute atomic E-state index is 0.327. The number of hydrogen-bond acceptors (Lipinski definition) is 3. The third kappa shape index (κ3) is 2.51. The van der Waals surface area contributed by atoms with E-state index in [0.29, 0.717) is 16.3 Å². The van der Waals surface area contributed by atoms with E-state index in [1.807, 2.05) is 30.3 Å². The van der Waals surface area contributed by atoms with Crippen molar-refractivity contribution in [2.24, 2.45) is 5.92 Å². The molecule has 3 aromatic carbocycles. The second-order valence-corrected chi connectivity index (χ2v) is 5.33. The van der Waals surface area contributed by atoms with Crippen molar-refractivity contribution < 1.29 is 24.9 Å². The first-order valence-electron chi connectivity index (χ1n) is 7.05. The lowest BCUT2D eigenvalue weighted by Crippen LogP contribution is -2.30. The predicted octanol–water partition coefficient (Wildman–Crippen LogP) is 2.81. The number of carboxylic acids is 2. The highest BCUT2D eigenvalue weighted by Crippen LogP contribution is 2.36. The van der Waals surface area contributed by atoms with E-state index < -0.39 is 24.0 Å². The zero-order valence-electron chi connectivity index (χ0n) is 12.0. The lowest BCUT2D eigenvalue weighted by atomic mass is 9.88. The van der Waals surface area contributed by atoms with Crippen LogP contribution in [-0.2, 0) is 9.59 Å². The Balaban J connectivity index is 2.36. The van der Waals surface area contributed by atoms with E-state index >= 15 is 0 Å². The molecule has 0 aliphatic rings. The van der Waals surface area contributed by atoms with Crippen LogP contribution in [0.3, 0.4) is 0 Å². The molecule has 116 valence electrons. The molecule has 5 nitrogen and oxygen atoms in total. The van der Waals surface area contributed by atoms with Gasteiger partial charge < -0.3 is 15.3 Å². The van der Waals surface area contributed by atoms with E-state index in [9.17, 15) is 24.9 Å². The summed E-state index contributed by atoms with van der Waals surface area (Å²) in [4.78, 5) is 22.6. The second-order valence-electron chi connectivity index (χ2n) is 5.33. The first-order valence-corrected chi connectivity index (χ1v) is 7.05. The molecule has 0 aromatic heterocycles. The lowest BCUT2D eigenvalue weighted by Gasteiger charge is -2.20. The minimum Gasteiger partial charge on any atom is -0.481 e. The van der Waals surface area contributed by atoms with Crippen LogP contribution in [0.15, 0.2) is 54.6 Å². The Morgan fingerprint density at radius 1 is 0.783 bits per heavy atom. The van der Waals surface area contributed by atoms with Gasteiger partial charge in [-0.1, -0.05) is 48.5 Å². The summed E-state index contributed by atoms with van der Waals surface area (Å²) in [5.41, 5.74) is 0.327. The van der Waals surface area contributed by atoms with Gasteiger partial charge in [0.05, 0.1) is 0 Å². The lowest BCUT2D eigenvalue weighted by molar-refractivity contribution is -0.160. The summed E-state index contributed by atoms with van der Waals surface area (Å²) in [6, 6.07) is 16.3. The van der Waals surface area contributed by atoms with Crippen molar-refractivity contribution in [1.82, 2.24) is 0 Å². The topological polar surface area (TPSA) is 94.8 Å². The van der Waals surface area contributed by atoms with Gasteiger partial charge in [0.1, 0.15) is 6.10 Å². The molecule has 0 unspecified atom stereocenters. The second kappa shape index (κ2) is 5.70. The number of aliphatic hydroxyl groups excluding tert-OH is 1. The van der Waals surface area contributed by atoms with Gasteiger partial charge in [0.25, 0.3) is 0 Å². The number of carbonyl (C=O) groups is 2. The number of benzene rings is 3. The van der Waals surface area contributed by atoms with Crippen molar-refractivity contribution in [2.45, 2.75) is 6.10 Å². The van der Waals surface area contributed by atoms with Crippen molar-refractivity contribution in [1.29, 1.82) is 0 Å². The van der Waals surface area contributed by atoms with E-state index in [1.54, 1.807) is 24.3 Å². The molecule has 23 heavy (non-hydrogen) atoms. The highest BCUT2D eigenvalue weighted by Gasteiger charge is 2.36. The van der Waals surface area contributed by atoms with Crippen molar-refractivity contribution in [3.05, 3.63) is 60.2 Å². The molecule has 5 heteroatoms. The zero-order valence-corrected chi connectivity index (χ0v) is 12.0. The summed E-state index contributed by atoms with van der Waals surface area (Å²) in [5.74, 6) is -5.06. The molecule has 0 saturated carbocycles. The molecule has 3 N–H and O–H groups in total. The van der Waals surface area contributed by atoms with E-state index in [2.05, 4.69) is 0 Å². The van der Waals surface area contributed by atoms with Crippen molar-refractivity contribution >= 4 is 33.5 Å². The molecule has 3 aromatic rings. The number of fused-ring (bicyclic) bond motifs is 2. The summed E-state index contributed by atoms with van der Waals surface area (Å²) in [6.45, 7) is 0. The predicted molar refractivity (Wildman–Crippen MR) is 85.2 cm³/mol. The number of aliphatic carboxylic acids is 2. The van der Waals surface area contributed by atoms with Crippen LogP contribution in [0.25, 0.3) is 21.5 Å². The van der Waals surface area contributed by atoms with Crippen molar-refractivity contribution in [2.75, 3.05) is 0 Å². The normalized spacial score (nSPS) is 12.6. The fourth-order valence-corrected chi connectivity index (χ4v) is 2.91. The van der Waals surface area contributed by atoms with Crippen LogP contribution in [0.5, 0.6) is 0 Å². The van der Waals surface area contributed by atoms with Crippen molar-refractivity contribution in [3.63, 3.8) is 0 Å². The molecule has 0 amide bonds. The van der Waals surface area contributed by atoms with Crippen LogP contribution in [0.2, 0.25) is 0 Å². The van der Waals surface area contributed by atoms with E-state index in [1.165, 1.54) is 0 Å². The molecule has 0 aliphatic carbocycles. The van der Waals surface area contributed by atoms with Crippen LogP contribution in [0.4, 0.5) is 0 Å². The SMILES string of the molecule is O=C(O)C(C(=O)O)[C@@H](O)c1c2ccccc2cc2ccccc12. The number of hydrogen-bond donors (Lipinski definition) is 3. The standard InChI is InChI=1S/C18H14O5/c19-16(15(17(20)21)18(22)23)14-12-7-3-1-5-10(12)9-11-6-2-4-8-13(11)14/h1-9,15-16,19H,(H,20,21)(H,22,23)/t16-/m0/s1. The monoisotopic (exact) mass is 310 g/mol. The summed E-state index contributed by atoms with van der Waals surface area (Å²) in [6.07, 6.45) is -1.65. The van der Waals surface area contributed by atoms with Crippen LogP contribution in [-0.4, -0.2) is 27.3 Å². The van der Waals surface area contributed by atoms with Crippen LogP contribution < -0.4 is 0 Å². The van der Waals surface area contributed by atoms with Gasteiger partial charge in [-0.2, -0.15) is 0 Å². The van der Waals surface area contributed by atoms with E-state index in [4.69, 9.17) is 0 Å². The van der Waals surface area contributed by atoms with Gasteiger partial charge in [-0.15, -0.1) is 0 Å². The quantitative estimate of drug-likeness (QED) is 0.509. The first kappa shape index (κ1) is 15.0. The molecule has 0 radical (unpaired) electrons. The summed E-state index contributed by atoms with van der Waals surface area (Å²) in [7, 11) is 0. The van der Waals surface area contributed by atoms with Crippen LogP contribution in [0.1, 0.15) is 11.7 Å². The molecule has 0 heterocycles. The summed E-state index contributed by atoms with van der Waals surface area (Å²) in [5, 5.41) is 31.8. The number of rotatable bonds is 4. The van der Waals surface area contributed by atoms with Gasteiger partial charge >= 0.3 is 11.9 Å². The number of aliphatic hydroxyl groups is 1. The Kier molecular flexibility index (Phi) is 3.72. The third-order valence-electron chi connectivity index (χ3n) is 3.96. The maximum atomic E-state index is 11.3. The molecule has 0 aliphatic heterocycles. The fraction of sp³-hybridized carbons (Fsp3) is 0.111. The smallest absolute Gasteiger partial charge is 0.320 e. The molecule has 0 fully saturated rings. The first-order chi connectivity index (χ1) is 11.0. The van der Waals surface area contributed by atoms with Crippen molar-refractivity contribution in [3.8, 4) is 0 Å². The van der Waals surface area contributed by atoms with Gasteiger partial charge in [0, 0.05) is 0 Å². The van der Waals surface area contributed by atoms with Crippen LogP contribution >= 0.6 is 0 Å². The Morgan fingerprint density at radius 2 is 1.22 bits per heavy atom. The molecule has 0 bridgehead atoms. The van der Waals surface area contributed by atoms with E-state index in [-0.39, 0.29) is 0 Å². The van der Waals surface area contributed by atoms with Gasteiger partial charge in [-0.3, -0.25) is 9.59 Å². The van der Waals surface area contributed by atoms with Crippen LogP contribution in [0, 0.1) is 5.92 Å². The van der Waals surface area contributed by atoms with Gasteiger partial charge in [-0.25, -0.2) is 0 Å². The average molecular weight is 310 g/mol. The van der Waals surface area contributed by atoms with E-state index in [0.717, 1.165) is 10.8 Å². The van der Waals surface area contributed by atoms with Gasteiger partial charge in [0.2, 0.25) is 0 Å². The largest absolute Gasteiger partial charge is 0.481 e. The number of carboxylic acid groups (broad SMARTS) is 2. The molecular weight excluding hydrogens is 296 g/mol. The Morgan fingerprint density at radius 3 is 1.65 bits per heavy atom. The highest BCUT2D eigenvalue weighted by atomic mass is 16.4.